The van der Waals surface area contributed by atoms with Crippen molar-refractivity contribution in [2.75, 3.05) is 19.7 Å². The molecule has 1 aliphatic heterocycles. The maximum Gasteiger partial charge on any atom is 0.264 e. The van der Waals surface area contributed by atoms with E-state index >= 15 is 0 Å². The van der Waals surface area contributed by atoms with Crippen LogP contribution in [0.5, 0.6) is 0 Å². The van der Waals surface area contributed by atoms with Crippen molar-refractivity contribution < 1.29 is 14.3 Å². The number of carbonyl (C=O) groups is 2. The summed E-state index contributed by atoms with van der Waals surface area (Å²) in [5, 5.41) is 8.59. The fraction of sp³-hybridized carbons (Fsp3) is 0.429. The number of morpholine rings is 1. The van der Waals surface area contributed by atoms with Crippen molar-refractivity contribution in [1.82, 2.24) is 20.1 Å². The van der Waals surface area contributed by atoms with E-state index < -0.39 is 5.91 Å². The van der Waals surface area contributed by atoms with Crippen molar-refractivity contribution in [3.05, 3.63) is 33.5 Å². The van der Waals surface area contributed by atoms with Gasteiger partial charge in [0.25, 0.3) is 5.91 Å². The normalized spacial score (nSPS) is 18.1. The SMILES string of the molecule is CCc1nc([C@H]2CN(C(=O)c3cc(C(N)=O)cs3)CCO2)n[nH]1. The van der Waals surface area contributed by atoms with E-state index in [1.165, 1.54) is 17.4 Å². The van der Waals surface area contributed by atoms with E-state index in [1.54, 1.807) is 10.3 Å². The molecule has 3 N–H and O–H groups in total. The highest BCUT2D eigenvalue weighted by Gasteiger charge is 2.29. The van der Waals surface area contributed by atoms with Gasteiger partial charge in [0.05, 0.1) is 23.6 Å². The van der Waals surface area contributed by atoms with Gasteiger partial charge >= 0.3 is 0 Å². The fourth-order valence-electron chi connectivity index (χ4n) is 2.34. The van der Waals surface area contributed by atoms with Crippen molar-refractivity contribution in [3.63, 3.8) is 0 Å². The van der Waals surface area contributed by atoms with Gasteiger partial charge in [-0.25, -0.2) is 4.98 Å². The zero-order chi connectivity index (χ0) is 16.4. The number of thiophene rings is 1. The van der Waals surface area contributed by atoms with Gasteiger partial charge in [-0.1, -0.05) is 6.92 Å². The molecule has 0 spiro atoms. The first-order chi connectivity index (χ1) is 11.1. The van der Waals surface area contributed by atoms with Gasteiger partial charge in [0.15, 0.2) is 5.82 Å². The first-order valence-electron chi connectivity index (χ1n) is 7.29. The standard InChI is InChI=1S/C14H17N5O3S/c1-2-11-16-13(18-17-11)9-6-19(3-4-22-9)14(21)10-5-8(7-23-10)12(15)20/h5,7,9H,2-4,6H2,1H3,(H2,15,20)(H,16,17,18)/t9-/m1/s1. The third-order valence-corrected chi connectivity index (χ3v) is 4.54. The summed E-state index contributed by atoms with van der Waals surface area (Å²) >= 11 is 1.21. The second-order valence-electron chi connectivity index (χ2n) is 5.17. The largest absolute Gasteiger partial charge is 0.366 e. The Bertz CT molecular complexity index is 726. The Morgan fingerprint density at radius 2 is 2.39 bits per heavy atom. The Balaban J connectivity index is 1.72. The van der Waals surface area contributed by atoms with Crippen molar-refractivity contribution in [2.24, 2.45) is 5.73 Å². The van der Waals surface area contributed by atoms with Gasteiger partial charge in [-0.15, -0.1) is 11.3 Å². The monoisotopic (exact) mass is 335 g/mol. The molecule has 122 valence electrons. The van der Waals surface area contributed by atoms with Crippen LogP contribution in [0.25, 0.3) is 0 Å². The molecule has 3 rings (SSSR count). The number of aryl methyl sites for hydroxylation is 1. The molecule has 1 aliphatic rings. The number of H-pyrrole nitrogens is 1. The highest BCUT2D eigenvalue weighted by atomic mass is 32.1. The number of aromatic amines is 1. The number of hydrogen-bond donors (Lipinski definition) is 2. The number of amides is 2. The smallest absolute Gasteiger partial charge is 0.264 e. The second kappa shape index (κ2) is 6.47. The Morgan fingerprint density at radius 3 is 3.04 bits per heavy atom. The first kappa shape index (κ1) is 15.6. The predicted octanol–water partition coefficient (Wildman–Crippen LogP) is 0.741. The van der Waals surface area contributed by atoms with Crippen LogP contribution >= 0.6 is 11.3 Å². The average molecular weight is 335 g/mol. The maximum absolute atomic E-state index is 12.6. The summed E-state index contributed by atoms with van der Waals surface area (Å²) in [7, 11) is 0. The molecular formula is C14H17N5O3S. The molecule has 2 aromatic heterocycles. The number of primary amides is 1. The van der Waals surface area contributed by atoms with Crippen LogP contribution in [-0.4, -0.2) is 51.6 Å². The average Bonchev–Trinajstić information content (AvgIpc) is 3.23. The number of carbonyl (C=O) groups excluding carboxylic acids is 2. The lowest BCUT2D eigenvalue weighted by molar-refractivity contribution is -0.0265. The predicted molar refractivity (Wildman–Crippen MR) is 83.2 cm³/mol. The Morgan fingerprint density at radius 1 is 1.57 bits per heavy atom. The zero-order valence-corrected chi connectivity index (χ0v) is 13.4. The van der Waals surface area contributed by atoms with Gasteiger partial charge in [-0.3, -0.25) is 14.7 Å². The Hall–Kier alpha value is -2.26. The molecule has 2 amide bonds. The lowest BCUT2D eigenvalue weighted by Gasteiger charge is -2.31. The van der Waals surface area contributed by atoms with Crippen LogP contribution in [0, 0.1) is 0 Å². The molecule has 0 unspecified atom stereocenters. The minimum atomic E-state index is -0.534. The molecule has 0 bridgehead atoms. The minimum Gasteiger partial charge on any atom is -0.366 e. The summed E-state index contributed by atoms with van der Waals surface area (Å²) in [5.41, 5.74) is 5.57. The highest BCUT2D eigenvalue weighted by molar-refractivity contribution is 7.12. The number of nitrogens with zero attached hydrogens (tertiary/aromatic N) is 3. The maximum atomic E-state index is 12.6. The van der Waals surface area contributed by atoms with Gasteiger partial charge in [0.2, 0.25) is 5.91 Å². The number of rotatable bonds is 4. The molecule has 9 heteroatoms. The van der Waals surface area contributed by atoms with Crippen LogP contribution in [0.3, 0.4) is 0 Å². The molecule has 0 aliphatic carbocycles. The van der Waals surface area contributed by atoms with E-state index in [9.17, 15) is 9.59 Å². The molecule has 1 saturated heterocycles. The van der Waals surface area contributed by atoms with Crippen LogP contribution in [0.1, 0.15) is 44.7 Å². The van der Waals surface area contributed by atoms with Crippen molar-refractivity contribution in [2.45, 2.75) is 19.4 Å². The van der Waals surface area contributed by atoms with Gasteiger partial charge in [-0.05, 0) is 6.07 Å². The number of hydrogen-bond acceptors (Lipinski definition) is 6. The zero-order valence-electron chi connectivity index (χ0n) is 12.6. The fourth-order valence-corrected chi connectivity index (χ4v) is 3.20. The van der Waals surface area contributed by atoms with E-state index in [0.717, 1.165) is 12.2 Å². The van der Waals surface area contributed by atoms with Gasteiger partial charge < -0.3 is 15.4 Å². The summed E-state index contributed by atoms with van der Waals surface area (Å²) in [6.45, 7) is 3.27. The summed E-state index contributed by atoms with van der Waals surface area (Å²) in [5.74, 6) is 0.676. The number of nitrogens with two attached hydrogens (primary N) is 1. The molecule has 0 aromatic carbocycles. The molecular weight excluding hydrogens is 318 g/mol. The van der Waals surface area contributed by atoms with Crippen molar-refractivity contribution in [3.8, 4) is 0 Å². The van der Waals surface area contributed by atoms with Crippen LogP contribution in [0.15, 0.2) is 11.4 Å². The molecule has 8 nitrogen and oxygen atoms in total. The van der Waals surface area contributed by atoms with Crippen LogP contribution < -0.4 is 5.73 Å². The molecule has 2 aromatic rings. The summed E-state index contributed by atoms with van der Waals surface area (Å²) in [6, 6.07) is 1.53. The van der Waals surface area contributed by atoms with Gasteiger partial charge in [0.1, 0.15) is 11.9 Å². The van der Waals surface area contributed by atoms with E-state index in [1.807, 2.05) is 6.92 Å². The van der Waals surface area contributed by atoms with Gasteiger partial charge in [-0.2, -0.15) is 5.10 Å². The van der Waals surface area contributed by atoms with Crippen LogP contribution in [0.4, 0.5) is 0 Å². The molecule has 23 heavy (non-hydrogen) atoms. The Kier molecular flexibility index (Phi) is 4.39. The summed E-state index contributed by atoms with van der Waals surface area (Å²) in [4.78, 5) is 30.2. The molecule has 3 heterocycles. The second-order valence-corrected chi connectivity index (χ2v) is 6.08. The highest BCUT2D eigenvalue weighted by Crippen LogP contribution is 2.23. The quantitative estimate of drug-likeness (QED) is 0.855. The topological polar surface area (TPSA) is 114 Å². The van der Waals surface area contributed by atoms with E-state index in [4.69, 9.17) is 10.5 Å². The van der Waals surface area contributed by atoms with E-state index in [0.29, 0.717) is 36.0 Å². The molecule has 1 fully saturated rings. The van der Waals surface area contributed by atoms with Crippen molar-refractivity contribution in [1.29, 1.82) is 0 Å². The van der Waals surface area contributed by atoms with E-state index in [2.05, 4.69) is 15.2 Å². The minimum absolute atomic E-state index is 0.137. The third-order valence-electron chi connectivity index (χ3n) is 3.62. The molecule has 1 atom stereocenters. The lowest BCUT2D eigenvalue weighted by atomic mass is 10.2. The molecule has 0 radical (unpaired) electrons. The third kappa shape index (κ3) is 3.25. The lowest BCUT2D eigenvalue weighted by Crippen LogP contribution is -2.42. The number of nitrogens with one attached hydrogen (secondary N) is 1. The van der Waals surface area contributed by atoms with Gasteiger partial charge in [0, 0.05) is 18.3 Å². The summed E-state index contributed by atoms with van der Waals surface area (Å²) in [6.07, 6.45) is 0.410. The van der Waals surface area contributed by atoms with Crippen molar-refractivity contribution >= 4 is 23.2 Å². The summed E-state index contributed by atoms with van der Waals surface area (Å²) < 4.78 is 5.67. The van der Waals surface area contributed by atoms with Crippen LogP contribution in [-0.2, 0) is 11.2 Å². The first-order valence-corrected chi connectivity index (χ1v) is 8.16. The van der Waals surface area contributed by atoms with Crippen LogP contribution in [0.2, 0.25) is 0 Å². The molecule has 0 saturated carbocycles. The van der Waals surface area contributed by atoms with E-state index in [-0.39, 0.29) is 12.0 Å². The number of aromatic nitrogens is 3. The Labute approximate surface area is 136 Å². The number of ether oxygens (including phenoxy) is 1.